The number of nitrogens with one attached hydrogen (secondary N) is 1. The minimum atomic E-state index is -0.111. The third-order valence-electron chi connectivity index (χ3n) is 4.90. The van der Waals surface area contributed by atoms with Gasteiger partial charge in [-0.3, -0.25) is 14.5 Å². The van der Waals surface area contributed by atoms with Crippen LogP contribution in [0.2, 0.25) is 0 Å². The molecule has 4 rings (SSSR count). The van der Waals surface area contributed by atoms with Crippen LogP contribution in [-0.4, -0.2) is 21.6 Å². The van der Waals surface area contributed by atoms with E-state index in [4.69, 9.17) is 0 Å². The Balaban J connectivity index is 1.40. The van der Waals surface area contributed by atoms with Gasteiger partial charge in [-0.25, -0.2) is 4.68 Å². The standard InChI is InChI=1S/C22H22N4O2/c1-16-3-2-4-18(13-16)14-23-22(28)19-7-5-17(6-8-19)15-25-20-9-11-24-26(20)12-10-21(25)27/h2-9,11,13H,10,12,14-15H2,1H3,(H,23,28). The maximum absolute atomic E-state index is 12.4. The van der Waals surface area contributed by atoms with Gasteiger partial charge < -0.3 is 5.32 Å². The lowest BCUT2D eigenvalue weighted by atomic mass is 10.1. The van der Waals surface area contributed by atoms with E-state index in [0.29, 0.717) is 31.6 Å². The van der Waals surface area contributed by atoms with Crippen molar-refractivity contribution in [3.63, 3.8) is 0 Å². The molecule has 0 atom stereocenters. The van der Waals surface area contributed by atoms with E-state index < -0.39 is 0 Å². The van der Waals surface area contributed by atoms with Crippen LogP contribution < -0.4 is 10.2 Å². The van der Waals surface area contributed by atoms with E-state index in [2.05, 4.69) is 16.5 Å². The Labute approximate surface area is 163 Å². The molecule has 2 aromatic carbocycles. The van der Waals surface area contributed by atoms with Crippen molar-refractivity contribution in [3.05, 3.63) is 83.0 Å². The van der Waals surface area contributed by atoms with Gasteiger partial charge in [-0.2, -0.15) is 5.10 Å². The summed E-state index contributed by atoms with van der Waals surface area (Å²) in [4.78, 5) is 26.4. The van der Waals surface area contributed by atoms with E-state index in [1.54, 1.807) is 23.2 Å². The molecule has 1 N–H and O–H groups in total. The van der Waals surface area contributed by atoms with Crippen molar-refractivity contribution in [1.82, 2.24) is 15.1 Å². The van der Waals surface area contributed by atoms with Gasteiger partial charge in [-0.15, -0.1) is 0 Å². The maximum Gasteiger partial charge on any atom is 0.251 e. The predicted molar refractivity (Wildman–Crippen MR) is 107 cm³/mol. The molecule has 28 heavy (non-hydrogen) atoms. The first kappa shape index (κ1) is 18.0. The van der Waals surface area contributed by atoms with E-state index in [9.17, 15) is 9.59 Å². The molecular weight excluding hydrogens is 352 g/mol. The van der Waals surface area contributed by atoms with Crippen molar-refractivity contribution in [3.8, 4) is 0 Å². The molecule has 6 heteroatoms. The summed E-state index contributed by atoms with van der Waals surface area (Å²) in [5.74, 6) is 0.796. The van der Waals surface area contributed by atoms with E-state index in [0.717, 1.165) is 16.9 Å². The lowest BCUT2D eigenvalue weighted by Crippen LogP contribution is -2.36. The van der Waals surface area contributed by atoms with Gasteiger partial charge >= 0.3 is 0 Å². The second kappa shape index (κ2) is 7.68. The lowest BCUT2D eigenvalue weighted by molar-refractivity contribution is -0.119. The Bertz CT molecular complexity index is 1010. The van der Waals surface area contributed by atoms with Gasteiger partial charge in [-0.05, 0) is 30.2 Å². The predicted octanol–water partition coefficient (Wildman–Crippen LogP) is 3.06. The minimum Gasteiger partial charge on any atom is -0.348 e. The fourth-order valence-electron chi connectivity index (χ4n) is 3.41. The highest BCUT2D eigenvalue weighted by Crippen LogP contribution is 2.23. The first-order valence-corrected chi connectivity index (χ1v) is 9.35. The van der Waals surface area contributed by atoms with Gasteiger partial charge in [0.15, 0.2) is 0 Å². The van der Waals surface area contributed by atoms with Crippen LogP contribution in [-0.2, 0) is 24.4 Å². The quantitative estimate of drug-likeness (QED) is 0.746. The summed E-state index contributed by atoms with van der Waals surface area (Å²) in [7, 11) is 0. The Morgan fingerprint density at radius 1 is 1.11 bits per heavy atom. The molecule has 1 aliphatic rings. The van der Waals surface area contributed by atoms with Crippen LogP contribution in [0.1, 0.15) is 33.5 Å². The number of amides is 2. The molecule has 2 amide bonds. The largest absolute Gasteiger partial charge is 0.348 e. The average Bonchev–Trinajstić information content (AvgIpc) is 3.18. The van der Waals surface area contributed by atoms with Crippen LogP contribution in [0.4, 0.5) is 5.82 Å². The van der Waals surface area contributed by atoms with Gasteiger partial charge in [0.05, 0.1) is 19.3 Å². The molecule has 0 saturated carbocycles. The van der Waals surface area contributed by atoms with Crippen molar-refractivity contribution in [1.29, 1.82) is 0 Å². The number of carbonyl (C=O) groups excluding carboxylic acids is 2. The molecule has 0 radical (unpaired) electrons. The van der Waals surface area contributed by atoms with Gasteiger partial charge in [-0.1, -0.05) is 42.0 Å². The molecule has 0 bridgehead atoms. The van der Waals surface area contributed by atoms with Crippen molar-refractivity contribution < 1.29 is 9.59 Å². The molecule has 142 valence electrons. The Kier molecular flexibility index (Phi) is 4.93. The van der Waals surface area contributed by atoms with Crippen LogP contribution in [0, 0.1) is 6.92 Å². The fourth-order valence-corrected chi connectivity index (χ4v) is 3.41. The van der Waals surface area contributed by atoms with E-state index in [1.807, 2.05) is 48.0 Å². The summed E-state index contributed by atoms with van der Waals surface area (Å²) in [6, 6.07) is 17.3. The molecule has 2 heterocycles. The van der Waals surface area contributed by atoms with Gasteiger partial charge in [0.25, 0.3) is 5.91 Å². The molecular formula is C22H22N4O2. The summed E-state index contributed by atoms with van der Waals surface area (Å²) in [6.07, 6.45) is 2.16. The number of hydrogen-bond acceptors (Lipinski definition) is 3. The minimum absolute atomic E-state index is 0.0907. The Morgan fingerprint density at radius 2 is 1.93 bits per heavy atom. The van der Waals surface area contributed by atoms with Crippen LogP contribution in [0.15, 0.2) is 60.8 Å². The van der Waals surface area contributed by atoms with Crippen LogP contribution in [0.3, 0.4) is 0 Å². The zero-order valence-corrected chi connectivity index (χ0v) is 15.8. The van der Waals surface area contributed by atoms with Gasteiger partial charge in [0, 0.05) is 24.6 Å². The first-order valence-electron chi connectivity index (χ1n) is 9.35. The van der Waals surface area contributed by atoms with Crippen molar-refractivity contribution in [2.24, 2.45) is 0 Å². The number of aryl methyl sites for hydroxylation is 2. The van der Waals surface area contributed by atoms with Crippen LogP contribution in [0.5, 0.6) is 0 Å². The van der Waals surface area contributed by atoms with Crippen molar-refractivity contribution in [2.75, 3.05) is 4.90 Å². The summed E-state index contributed by atoms with van der Waals surface area (Å²) in [5.41, 5.74) is 3.82. The van der Waals surface area contributed by atoms with Gasteiger partial charge in [0.1, 0.15) is 5.82 Å². The number of nitrogens with zero attached hydrogens (tertiary/aromatic N) is 3. The van der Waals surface area contributed by atoms with Crippen LogP contribution in [0.25, 0.3) is 0 Å². The smallest absolute Gasteiger partial charge is 0.251 e. The summed E-state index contributed by atoms with van der Waals surface area (Å²) < 4.78 is 1.84. The molecule has 0 fully saturated rings. The lowest BCUT2D eigenvalue weighted by Gasteiger charge is -2.27. The summed E-state index contributed by atoms with van der Waals surface area (Å²) in [6.45, 7) is 3.62. The van der Waals surface area contributed by atoms with Crippen LogP contribution >= 0.6 is 0 Å². The zero-order chi connectivity index (χ0) is 19.5. The molecule has 6 nitrogen and oxygen atoms in total. The number of fused-ring (bicyclic) bond motifs is 1. The third kappa shape index (κ3) is 3.81. The van der Waals surface area contributed by atoms with E-state index >= 15 is 0 Å². The maximum atomic E-state index is 12.4. The summed E-state index contributed by atoms with van der Waals surface area (Å²) >= 11 is 0. The number of aromatic nitrogens is 2. The molecule has 0 saturated heterocycles. The number of anilines is 1. The topological polar surface area (TPSA) is 67.2 Å². The molecule has 0 aliphatic carbocycles. The second-order valence-corrected chi connectivity index (χ2v) is 7.01. The molecule has 1 aromatic heterocycles. The molecule has 0 unspecified atom stereocenters. The third-order valence-corrected chi connectivity index (χ3v) is 4.90. The highest BCUT2D eigenvalue weighted by Gasteiger charge is 2.24. The molecule has 3 aromatic rings. The zero-order valence-electron chi connectivity index (χ0n) is 15.8. The van der Waals surface area contributed by atoms with E-state index in [1.165, 1.54) is 5.56 Å². The first-order chi connectivity index (χ1) is 13.6. The fraction of sp³-hybridized carbons (Fsp3) is 0.227. The summed E-state index contributed by atoms with van der Waals surface area (Å²) in [5, 5.41) is 7.19. The number of hydrogen-bond donors (Lipinski definition) is 1. The SMILES string of the molecule is Cc1cccc(CNC(=O)c2ccc(CN3C(=O)CCn4nccc43)cc2)c1. The normalized spacial score (nSPS) is 13.3. The Hall–Kier alpha value is -3.41. The second-order valence-electron chi connectivity index (χ2n) is 7.01. The average molecular weight is 374 g/mol. The highest BCUT2D eigenvalue weighted by atomic mass is 16.2. The molecule has 0 spiro atoms. The highest BCUT2D eigenvalue weighted by molar-refractivity contribution is 5.95. The number of carbonyl (C=O) groups is 2. The monoisotopic (exact) mass is 374 g/mol. The number of benzene rings is 2. The van der Waals surface area contributed by atoms with Gasteiger partial charge in [0.2, 0.25) is 5.91 Å². The Morgan fingerprint density at radius 3 is 2.71 bits per heavy atom. The van der Waals surface area contributed by atoms with Crippen molar-refractivity contribution >= 4 is 17.6 Å². The van der Waals surface area contributed by atoms with E-state index in [-0.39, 0.29) is 11.8 Å². The molecule has 1 aliphatic heterocycles. The number of rotatable bonds is 5. The van der Waals surface area contributed by atoms with Crippen molar-refractivity contribution in [2.45, 2.75) is 33.0 Å².